The Morgan fingerprint density at radius 1 is 1.29 bits per heavy atom. The molecule has 0 fully saturated rings. The highest BCUT2D eigenvalue weighted by Gasteiger charge is 2.37. The van der Waals surface area contributed by atoms with Gasteiger partial charge in [-0.1, -0.05) is 0 Å². The minimum Gasteiger partial charge on any atom is -0.300 e. The van der Waals surface area contributed by atoms with Gasteiger partial charge >= 0.3 is 6.18 Å². The van der Waals surface area contributed by atoms with E-state index in [4.69, 9.17) is 10.8 Å². The predicted molar refractivity (Wildman–Crippen MR) is 55.2 cm³/mol. The molecule has 0 heterocycles. The maximum absolute atomic E-state index is 12.3. The van der Waals surface area contributed by atoms with E-state index >= 15 is 0 Å². The summed E-state index contributed by atoms with van der Waals surface area (Å²) in [7, 11) is 0. The highest BCUT2D eigenvalue weighted by atomic mass is 127. The molecule has 14 heavy (non-hydrogen) atoms. The number of hydrogen-bond donors (Lipinski definition) is 2. The Morgan fingerprint density at radius 2 is 1.86 bits per heavy atom. The van der Waals surface area contributed by atoms with Crippen molar-refractivity contribution in [2.45, 2.75) is 6.18 Å². The number of nitrogens with one attached hydrogen (secondary N) is 2. The molecule has 0 saturated carbocycles. The molecular formula is C8H4F3IN2. The summed E-state index contributed by atoms with van der Waals surface area (Å²) in [4.78, 5) is 0. The average molecular weight is 312 g/mol. The third-order valence-electron chi connectivity index (χ3n) is 1.55. The van der Waals surface area contributed by atoms with Crippen LogP contribution in [0.5, 0.6) is 0 Å². The molecule has 0 radical (unpaired) electrons. The highest BCUT2D eigenvalue weighted by molar-refractivity contribution is 14.1. The predicted octanol–water partition coefficient (Wildman–Crippen LogP) is 3.00. The standard InChI is InChI=1S/C8H4F3IN2/c9-8(10,11)5-2-7(14)6(12)1-4(5)3-13/h1-2,13-14H. The molecule has 0 amide bonds. The van der Waals surface area contributed by atoms with Crippen LogP contribution >= 0.6 is 22.6 Å². The van der Waals surface area contributed by atoms with Gasteiger partial charge in [0.15, 0.2) is 0 Å². The van der Waals surface area contributed by atoms with Crippen LogP contribution in [-0.4, -0.2) is 17.8 Å². The first-order valence-corrected chi connectivity index (χ1v) is 4.49. The minimum atomic E-state index is -4.54. The first-order valence-electron chi connectivity index (χ1n) is 3.41. The van der Waals surface area contributed by atoms with Crippen molar-refractivity contribution in [2.75, 3.05) is 0 Å². The number of rotatable bonds is 0. The number of allylic oxidation sites excluding steroid dienone is 5. The maximum atomic E-state index is 12.3. The third-order valence-corrected chi connectivity index (χ3v) is 2.44. The number of halogens is 4. The van der Waals surface area contributed by atoms with E-state index in [2.05, 4.69) is 0 Å². The summed E-state index contributed by atoms with van der Waals surface area (Å²) in [6, 6.07) is 0. The topological polar surface area (TPSA) is 47.7 Å². The van der Waals surface area contributed by atoms with Gasteiger partial charge in [0, 0.05) is 9.15 Å². The first-order chi connectivity index (χ1) is 6.36. The van der Waals surface area contributed by atoms with E-state index < -0.39 is 11.7 Å². The second-order valence-corrected chi connectivity index (χ2v) is 3.66. The van der Waals surface area contributed by atoms with Crippen LogP contribution in [-0.2, 0) is 0 Å². The molecular weight excluding hydrogens is 308 g/mol. The van der Waals surface area contributed by atoms with E-state index in [0.717, 1.165) is 6.08 Å². The lowest BCUT2D eigenvalue weighted by Crippen LogP contribution is -2.18. The average Bonchev–Trinajstić information content (AvgIpc) is 2.07. The molecule has 0 aromatic carbocycles. The van der Waals surface area contributed by atoms with Crippen LogP contribution in [0.1, 0.15) is 0 Å². The van der Waals surface area contributed by atoms with Gasteiger partial charge in [0.25, 0.3) is 0 Å². The summed E-state index contributed by atoms with van der Waals surface area (Å²) < 4.78 is 37.4. The van der Waals surface area contributed by atoms with E-state index in [1.807, 2.05) is 0 Å². The molecule has 0 unspecified atom stereocenters. The van der Waals surface area contributed by atoms with E-state index in [1.165, 1.54) is 0 Å². The van der Waals surface area contributed by atoms with E-state index in [0.29, 0.717) is 9.66 Å². The van der Waals surface area contributed by atoms with Gasteiger partial charge in [-0.05, 0) is 40.6 Å². The molecule has 6 heteroatoms. The Hall–Kier alpha value is -0.880. The van der Waals surface area contributed by atoms with Crippen LogP contribution in [0.25, 0.3) is 0 Å². The lowest BCUT2D eigenvalue weighted by Gasteiger charge is -2.15. The zero-order chi connectivity index (χ0) is 10.9. The summed E-state index contributed by atoms with van der Waals surface area (Å²) in [5.41, 5.74) is -1.52. The fourth-order valence-electron chi connectivity index (χ4n) is 0.911. The van der Waals surface area contributed by atoms with Crippen LogP contribution in [0.4, 0.5) is 13.2 Å². The summed E-state index contributed by atoms with van der Waals surface area (Å²) in [6.45, 7) is 0. The van der Waals surface area contributed by atoms with Crippen molar-refractivity contribution >= 4 is 34.2 Å². The molecule has 0 aromatic rings. The second-order valence-electron chi connectivity index (χ2n) is 2.50. The molecule has 1 aliphatic rings. The fourth-order valence-corrected chi connectivity index (χ4v) is 1.38. The zero-order valence-electron chi connectivity index (χ0n) is 6.67. The second kappa shape index (κ2) is 3.70. The van der Waals surface area contributed by atoms with Crippen molar-refractivity contribution in [3.05, 3.63) is 26.9 Å². The fraction of sp³-hybridized carbons (Fsp3) is 0.125. The summed E-state index contributed by atoms with van der Waals surface area (Å²) >= 11 is 1.74. The quantitative estimate of drug-likeness (QED) is 0.510. The molecule has 2 nitrogen and oxygen atoms in total. The highest BCUT2D eigenvalue weighted by Crippen LogP contribution is 2.34. The summed E-state index contributed by atoms with van der Waals surface area (Å²) in [5, 5.41) is 13.9. The van der Waals surface area contributed by atoms with Crippen molar-refractivity contribution < 1.29 is 13.2 Å². The van der Waals surface area contributed by atoms with Gasteiger partial charge in [-0.3, -0.25) is 10.8 Å². The minimum absolute atomic E-state index is 0.197. The van der Waals surface area contributed by atoms with Crippen LogP contribution in [0, 0.1) is 10.8 Å². The Kier molecular flexibility index (Phi) is 2.96. The first kappa shape index (κ1) is 11.2. The van der Waals surface area contributed by atoms with Crippen molar-refractivity contribution in [1.82, 2.24) is 0 Å². The zero-order valence-corrected chi connectivity index (χ0v) is 8.82. The summed E-state index contributed by atoms with van der Waals surface area (Å²) in [5.74, 6) is 1.71. The molecule has 0 atom stereocenters. The van der Waals surface area contributed by atoms with E-state index in [9.17, 15) is 13.2 Å². The monoisotopic (exact) mass is 312 g/mol. The van der Waals surface area contributed by atoms with Crippen molar-refractivity contribution in [1.29, 1.82) is 10.8 Å². The Bertz CT molecular complexity index is 397. The van der Waals surface area contributed by atoms with Crippen LogP contribution in [0.3, 0.4) is 0 Å². The van der Waals surface area contributed by atoms with Gasteiger partial charge in [0.05, 0.1) is 11.3 Å². The molecule has 0 saturated heterocycles. The van der Waals surface area contributed by atoms with Crippen LogP contribution < -0.4 is 0 Å². The normalized spacial score (nSPS) is 17.4. The van der Waals surface area contributed by atoms with E-state index in [1.54, 1.807) is 28.5 Å². The molecule has 0 bridgehead atoms. The van der Waals surface area contributed by atoms with Crippen LogP contribution in [0.15, 0.2) is 26.9 Å². The van der Waals surface area contributed by atoms with Crippen LogP contribution in [0.2, 0.25) is 0 Å². The third kappa shape index (κ3) is 2.13. The van der Waals surface area contributed by atoms with Gasteiger partial charge < -0.3 is 0 Å². The smallest absolute Gasteiger partial charge is 0.300 e. The van der Waals surface area contributed by atoms with Gasteiger partial charge in [-0.25, -0.2) is 0 Å². The number of hydrogen-bond acceptors (Lipinski definition) is 2. The molecule has 0 spiro atoms. The SMILES string of the molecule is N=C=C1C=C(I)C(=N)C=C1C(F)(F)F. The van der Waals surface area contributed by atoms with Gasteiger partial charge in [0.2, 0.25) is 0 Å². The lowest BCUT2D eigenvalue weighted by molar-refractivity contribution is -0.0888. The summed E-state index contributed by atoms with van der Waals surface area (Å²) in [6.07, 6.45) is -2.71. The van der Waals surface area contributed by atoms with E-state index in [-0.39, 0.29) is 11.3 Å². The van der Waals surface area contributed by atoms with Crippen molar-refractivity contribution in [3.8, 4) is 0 Å². The largest absolute Gasteiger partial charge is 0.417 e. The van der Waals surface area contributed by atoms with Crippen molar-refractivity contribution in [3.63, 3.8) is 0 Å². The molecule has 2 N–H and O–H groups in total. The van der Waals surface area contributed by atoms with Gasteiger partial charge in [-0.15, -0.1) is 0 Å². The van der Waals surface area contributed by atoms with Crippen molar-refractivity contribution in [2.24, 2.45) is 0 Å². The van der Waals surface area contributed by atoms with Gasteiger partial charge in [-0.2, -0.15) is 13.2 Å². The maximum Gasteiger partial charge on any atom is 0.417 e. The Balaban J connectivity index is 3.27. The Morgan fingerprint density at radius 3 is 2.29 bits per heavy atom. The molecule has 0 aromatic heterocycles. The lowest BCUT2D eigenvalue weighted by atomic mass is 9.99. The molecule has 1 rings (SSSR count). The molecule has 0 aliphatic heterocycles. The molecule has 74 valence electrons. The Labute approximate surface area is 91.3 Å². The number of alkyl halides is 3. The molecule has 1 aliphatic carbocycles. The van der Waals surface area contributed by atoms with Gasteiger partial charge in [0.1, 0.15) is 0 Å².